The van der Waals surface area contributed by atoms with Crippen molar-refractivity contribution < 1.29 is 23.4 Å². The molecule has 1 rings (SSSR count). The molecule has 0 aliphatic carbocycles. The van der Waals surface area contributed by atoms with E-state index < -0.39 is 0 Å². The molecule has 0 saturated carbocycles. The van der Waals surface area contributed by atoms with Crippen LogP contribution in [0.2, 0.25) is 0 Å². The molecule has 0 bridgehead atoms. The van der Waals surface area contributed by atoms with E-state index in [0.717, 1.165) is 6.54 Å². The molecular weight excluding hydrogens is 131 g/mol. The largest absolute Gasteiger partial charge is 1.00 e. The molecule has 1 heterocycles. The Balaban J connectivity index is 0.000001000. The van der Waals surface area contributed by atoms with Crippen LogP contribution in [0.5, 0.6) is 0 Å². The topological polar surface area (TPSA) is 8.81 Å². The Kier molecular flexibility index (Phi) is 5.36. The Morgan fingerprint density at radius 1 is 1.45 bits per heavy atom. The molecule has 3 heteroatoms. The first-order valence-electron chi connectivity index (χ1n) is 3.84. The molecule has 0 atom stereocenters. The van der Waals surface area contributed by atoms with Crippen molar-refractivity contribution in [2.45, 2.75) is 26.3 Å². The Morgan fingerprint density at radius 2 is 2.18 bits per heavy atom. The van der Waals surface area contributed by atoms with E-state index >= 15 is 0 Å². The van der Waals surface area contributed by atoms with Crippen LogP contribution < -0.4 is 23.4 Å². The van der Waals surface area contributed by atoms with Crippen LogP contribution in [0.15, 0.2) is 18.7 Å². The SMILES string of the molecule is CCCCn1cc[n+](C)c1.[Li+]. The molecule has 2 nitrogen and oxygen atoms in total. The number of imidazole rings is 1. The maximum absolute atomic E-state index is 2.21. The van der Waals surface area contributed by atoms with Gasteiger partial charge >= 0.3 is 18.9 Å². The smallest absolute Gasteiger partial charge is 0.240 e. The zero-order chi connectivity index (χ0) is 7.40. The van der Waals surface area contributed by atoms with Gasteiger partial charge in [-0.3, -0.25) is 0 Å². The molecule has 1 aromatic heterocycles. The number of rotatable bonds is 3. The summed E-state index contributed by atoms with van der Waals surface area (Å²) in [5, 5.41) is 0. The molecule has 0 fully saturated rings. The maximum Gasteiger partial charge on any atom is 1.00 e. The summed E-state index contributed by atoms with van der Waals surface area (Å²) < 4.78 is 4.28. The molecule has 1 aromatic rings. The van der Waals surface area contributed by atoms with Crippen LogP contribution in [0.25, 0.3) is 0 Å². The molecule has 0 aromatic carbocycles. The zero-order valence-electron chi connectivity index (χ0n) is 7.75. The maximum atomic E-state index is 2.21. The van der Waals surface area contributed by atoms with Gasteiger partial charge in [-0.2, -0.15) is 0 Å². The van der Waals surface area contributed by atoms with E-state index in [0.29, 0.717) is 0 Å². The van der Waals surface area contributed by atoms with Gasteiger partial charge < -0.3 is 0 Å². The molecule has 0 radical (unpaired) electrons. The van der Waals surface area contributed by atoms with E-state index in [1.807, 2.05) is 7.05 Å². The number of aryl methyl sites for hydroxylation is 2. The van der Waals surface area contributed by atoms with Crippen molar-refractivity contribution in [2.75, 3.05) is 0 Å². The summed E-state index contributed by atoms with van der Waals surface area (Å²) >= 11 is 0. The van der Waals surface area contributed by atoms with E-state index in [1.165, 1.54) is 12.8 Å². The van der Waals surface area contributed by atoms with Gasteiger partial charge in [0.05, 0.1) is 13.6 Å². The van der Waals surface area contributed by atoms with E-state index in [9.17, 15) is 0 Å². The van der Waals surface area contributed by atoms with E-state index in [1.54, 1.807) is 0 Å². The summed E-state index contributed by atoms with van der Waals surface area (Å²) in [6, 6.07) is 0. The number of unbranched alkanes of at least 4 members (excludes halogenated alkanes) is 1. The monoisotopic (exact) mass is 146 g/mol. The van der Waals surface area contributed by atoms with Crippen LogP contribution >= 0.6 is 0 Å². The van der Waals surface area contributed by atoms with Gasteiger partial charge in [0, 0.05) is 0 Å². The minimum absolute atomic E-state index is 0. The molecular formula is C8H15LiN2+2. The van der Waals surface area contributed by atoms with Crippen molar-refractivity contribution in [3.8, 4) is 0 Å². The molecule has 0 unspecified atom stereocenters. The van der Waals surface area contributed by atoms with E-state index in [-0.39, 0.29) is 18.9 Å². The molecule has 0 aliphatic rings. The van der Waals surface area contributed by atoms with Crippen molar-refractivity contribution in [3.63, 3.8) is 0 Å². The Labute approximate surface area is 80.4 Å². The van der Waals surface area contributed by atoms with Crippen molar-refractivity contribution in [1.82, 2.24) is 4.57 Å². The van der Waals surface area contributed by atoms with Gasteiger partial charge in [0.1, 0.15) is 12.4 Å². The fourth-order valence-corrected chi connectivity index (χ4v) is 0.975. The van der Waals surface area contributed by atoms with Crippen LogP contribution in [0, 0.1) is 0 Å². The summed E-state index contributed by atoms with van der Waals surface area (Å²) in [7, 11) is 2.04. The predicted octanol–water partition coefficient (Wildman–Crippen LogP) is -1.88. The standard InChI is InChI=1S/C8H15N2.Li/c1-3-4-5-10-7-6-9(2)8-10;/h6-8H,3-5H2,1-2H3;/q2*+1. The van der Waals surface area contributed by atoms with Gasteiger partial charge in [0.2, 0.25) is 6.33 Å². The first-order valence-corrected chi connectivity index (χ1v) is 3.84. The minimum atomic E-state index is 0. The second-order valence-electron chi connectivity index (χ2n) is 2.67. The van der Waals surface area contributed by atoms with Crippen molar-refractivity contribution >= 4 is 0 Å². The van der Waals surface area contributed by atoms with Gasteiger partial charge in [0.25, 0.3) is 0 Å². The summed E-state index contributed by atoms with van der Waals surface area (Å²) in [5.74, 6) is 0. The quantitative estimate of drug-likeness (QED) is 0.348. The summed E-state index contributed by atoms with van der Waals surface area (Å²) in [6.45, 7) is 3.36. The van der Waals surface area contributed by atoms with Gasteiger partial charge in [-0.05, 0) is 6.42 Å². The first kappa shape index (κ1) is 10.8. The molecule has 0 amide bonds. The van der Waals surface area contributed by atoms with Gasteiger partial charge in [-0.1, -0.05) is 13.3 Å². The molecule has 0 spiro atoms. The Hall–Kier alpha value is -0.193. The predicted molar refractivity (Wildman–Crippen MR) is 40.5 cm³/mol. The van der Waals surface area contributed by atoms with Crippen LogP contribution in [-0.2, 0) is 13.6 Å². The van der Waals surface area contributed by atoms with Gasteiger partial charge in [-0.25, -0.2) is 9.13 Å². The van der Waals surface area contributed by atoms with Crippen LogP contribution in [0.3, 0.4) is 0 Å². The number of hydrogen-bond acceptors (Lipinski definition) is 0. The Bertz CT molecular complexity index is 196. The molecule has 56 valence electrons. The summed E-state index contributed by atoms with van der Waals surface area (Å²) in [5.41, 5.74) is 0. The molecule has 0 N–H and O–H groups in total. The third kappa shape index (κ3) is 3.64. The number of hydrogen-bond donors (Lipinski definition) is 0. The average molecular weight is 146 g/mol. The fourth-order valence-electron chi connectivity index (χ4n) is 0.975. The van der Waals surface area contributed by atoms with Crippen LogP contribution in [-0.4, -0.2) is 4.57 Å². The third-order valence-electron chi connectivity index (χ3n) is 1.59. The first-order chi connectivity index (χ1) is 4.83. The molecule has 11 heavy (non-hydrogen) atoms. The third-order valence-corrected chi connectivity index (χ3v) is 1.59. The second-order valence-corrected chi connectivity index (χ2v) is 2.67. The fraction of sp³-hybridized carbons (Fsp3) is 0.625. The molecule has 0 aliphatic heterocycles. The van der Waals surface area contributed by atoms with Gasteiger partial charge in [-0.15, -0.1) is 0 Å². The normalized spacial score (nSPS) is 9.27. The number of aromatic nitrogens is 2. The van der Waals surface area contributed by atoms with Crippen molar-refractivity contribution in [1.29, 1.82) is 0 Å². The van der Waals surface area contributed by atoms with Crippen molar-refractivity contribution in [3.05, 3.63) is 18.7 Å². The molecule has 0 saturated heterocycles. The number of nitrogens with zero attached hydrogens (tertiary/aromatic N) is 2. The Morgan fingerprint density at radius 3 is 2.64 bits per heavy atom. The van der Waals surface area contributed by atoms with E-state index in [4.69, 9.17) is 0 Å². The second kappa shape index (κ2) is 5.46. The van der Waals surface area contributed by atoms with E-state index in [2.05, 4.69) is 34.8 Å². The van der Waals surface area contributed by atoms with Gasteiger partial charge in [0.15, 0.2) is 0 Å². The zero-order valence-corrected chi connectivity index (χ0v) is 7.75. The minimum Gasteiger partial charge on any atom is -0.240 e. The van der Waals surface area contributed by atoms with Crippen molar-refractivity contribution in [2.24, 2.45) is 7.05 Å². The van der Waals surface area contributed by atoms with Crippen LogP contribution in [0.4, 0.5) is 0 Å². The average Bonchev–Trinajstić information content (AvgIpc) is 2.31. The summed E-state index contributed by atoms with van der Waals surface area (Å²) in [6.07, 6.45) is 8.82. The van der Waals surface area contributed by atoms with Crippen LogP contribution in [0.1, 0.15) is 19.8 Å². The summed E-state index contributed by atoms with van der Waals surface area (Å²) in [4.78, 5) is 0.